The minimum atomic E-state index is -0.309. The molecule has 0 saturated carbocycles. The van der Waals surface area contributed by atoms with Crippen molar-refractivity contribution in [1.29, 1.82) is 0 Å². The molecule has 2 aromatic carbocycles. The standard InChI is InChI=1S/C18H21NO2/c1-12-6-5-7-15(10-12)14(3)19-17-9-8-16(11-13(17)2)18(20)21-4/h5-11,14,19H,1-4H3. The zero-order chi connectivity index (χ0) is 15.4. The van der Waals surface area contributed by atoms with Gasteiger partial charge in [-0.3, -0.25) is 0 Å². The van der Waals surface area contributed by atoms with Crippen LogP contribution in [0.3, 0.4) is 0 Å². The van der Waals surface area contributed by atoms with Crippen molar-refractivity contribution in [1.82, 2.24) is 0 Å². The molecular weight excluding hydrogens is 262 g/mol. The Balaban J connectivity index is 2.18. The average Bonchev–Trinajstić information content (AvgIpc) is 2.48. The van der Waals surface area contributed by atoms with E-state index < -0.39 is 0 Å². The first-order chi connectivity index (χ1) is 10.0. The van der Waals surface area contributed by atoms with Gasteiger partial charge in [-0.05, 0) is 50.1 Å². The molecule has 0 aliphatic heterocycles. The lowest BCUT2D eigenvalue weighted by atomic mass is 10.0. The Kier molecular flexibility index (Phi) is 4.63. The molecule has 1 atom stereocenters. The fourth-order valence-electron chi connectivity index (χ4n) is 2.33. The Morgan fingerprint density at radius 2 is 1.90 bits per heavy atom. The van der Waals surface area contributed by atoms with Crippen LogP contribution in [-0.4, -0.2) is 13.1 Å². The number of benzene rings is 2. The number of aryl methyl sites for hydroxylation is 2. The summed E-state index contributed by atoms with van der Waals surface area (Å²) in [7, 11) is 1.39. The summed E-state index contributed by atoms with van der Waals surface area (Å²) in [4.78, 5) is 11.5. The normalized spacial score (nSPS) is 11.8. The quantitative estimate of drug-likeness (QED) is 0.852. The monoisotopic (exact) mass is 283 g/mol. The van der Waals surface area contributed by atoms with Crippen LogP contribution in [-0.2, 0) is 4.74 Å². The lowest BCUT2D eigenvalue weighted by molar-refractivity contribution is 0.0600. The number of hydrogen-bond acceptors (Lipinski definition) is 3. The van der Waals surface area contributed by atoms with Gasteiger partial charge in [-0.1, -0.05) is 29.8 Å². The molecule has 21 heavy (non-hydrogen) atoms. The van der Waals surface area contributed by atoms with Crippen molar-refractivity contribution in [2.45, 2.75) is 26.8 Å². The van der Waals surface area contributed by atoms with Gasteiger partial charge in [-0.25, -0.2) is 4.79 Å². The summed E-state index contributed by atoms with van der Waals surface area (Å²) >= 11 is 0. The zero-order valence-electron chi connectivity index (χ0n) is 12.9. The molecule has 1 unspecified atom stereocenters. The highest BCUT2D eigenvalue weighted by molar-refractivity contribution is 5.90. The van der Waals surface area contributed by atoms with Gasteiger partial charge in [0.05, 0.1) is 12.7 Å². The van der Waals surface area contributed by atoms with E-state index in [0.717, 1.165) is 11.3 Å². The number of methoxy groups -OCH3 is 1. The van der Waals surface area contributed by atoms with Crippen LogP contribution in [0.2, 0.25) is 0 Å². The maximum Gasteiger partial charge on any atom is 0.337 e. The molecular formula is C18H21NO2. The number of nitrogens with one attached hydrogen (secondary N) is 1. The van der Waals surface area contributed by atoms with Crippen LogP contribution in [0, 0.1) is 13.8 Å². The second-order valence-corrected chi connectivity index (χ2v) is 5.30. The van der Waals surface area contributed by atoms with E-state index in [2.05, 4.69) is 43.4 Å². The number of anilines is 1. The highest BCUT2D eigenvalue weighted by Gasteiger charge is 2.10. The van der Waals surface area contributed by atoms with E-state index in [0.29, 0.717) is 5.56 Å². The van der Waals surface area contributed by atoms with Crippen molar-refractivity contribution in [3.05, 3.63) is 64.7 Å². The molecule has 0 saturated heterocycles. The molecule has 0 radical (unpaired) electrons. The zero-order valence-corrected chi connectivity index (χ0v) is 12.9. The highest BCUT2D eigenvalue weighted by atomic mass is 16.5. The summed E-state index contributed by atoms with van der Waals surface area (Å²) in [6, 6.07) is 14.2. The highest BCUT2D eigenvalue weighted by Crippen LogP contribution is 2.23. The Bertz CT molecular complexity index is 649. The van der Waals surface area contributed by atoms with Crippen molar-refractivity contribution >= 4 is 11.7 Å². The summed E-state index contributed by atoms with van der Waals surface area (Å²) in [5.74, 6) is -0.309. The average molecular weight is 283 g/mol. The minimum absolute atomic E-state index is 0.201. The first-order valence-electron chi connectivity index (χ1n) is 7.03. The summed E-state index contributed by atoms with van der Waals surface area (Å²) < 4.78 is 4.74. The SMILES string of the molecule is COC(=O)c1ccc(NC(C)c2cccc(C)c2)c(C)c1. The Morgan fingerprint density at radius 1 is 1.14 bits per heavy atom. The largest absolute Gasteiger partial charge is 0.465 e. The van der Waals surface area contributed by atoms with Crippen molar-refractivity contribution < 1.29 is 9.53 Å². The van der Waals surface area contributed by atoms with E-state index in [4.69, 9.17) is 4.74 Å². The Labute approximate surface area is 126 Å². The Hall–Kier alpha value is -2.29. The van der Waals surface area contributed by atoms with Crippen LogP contribution >= 0.6 is 0 Å². The van der Waals surface area contributed by atoms with E-state index in [1.165, 1.54) is 18.2 Å². The molecule has 0 aromatic heterocycles. The van der Waals surface area contributed by atoms with Crippen LogP contribution in [0.5, 0.6) is 0 Å². The van der Waals surface area contributed by atoms with E-state index in [1.807, 2.05) is 19.1 Å². The van der Waals surface area contributed by atoms with Crippen molar-refractivity contribution in [2.24, 2.45) is 0 Å². The van der Waals surface area contributed by atoms with Gasteiger partial charge in [-0.2, -0.15) is 0 Å². The second-order valence-electron chi connectivity index (χ2n) is 5.30. The molecule has 0 aliphatic rings. The summed E-state index contributed by atoms with van der Waals surface area (Å²) in [5.41, 5.74) is 5.11. The van der Waals surface area contributed by atoms with Gasteiger partial charge in [-0.15, -0.1) is 0 Å². The molecule has 110 valence electrons. The summed E-state index contributed by atoms with van der Waals surface area (Å²) in [5, 5.41) is 3.49. The van der Waals surface area contributed by atoms with Crippen LogP contribution in [0.4, 0.5) is 5.69 Å². The lowest BCUT2D eigenvalue weighted by Crippen LogP contribution is -2.09. The van der Waals surface area contributed by atoms with Crippen LogP contribution in [0.25, 0.3) is 0 Å². The first kappa shape index (κ1) is 15.1. The summed E-state index contributed by atoms with van der Waals surface area (Å²) in [6.07, 6.45) is 0. The van der Waals surface area contributed by atoms with Crippen LogP contribution in [0.15, 0.2) is 42.5 Å². The van der Waals surface area contributed by atoms with E-state index >= 15 is 0 Å². The molecule has 2 rings (SSSR count). The Morgan fingerprint density at radius 3 is 2.52 bits per heavy atom. The maximum atomic E-state index is 11.5. The van der Waals surface area contributed by atoms with Gasteiger partial charge in [0.2, 0.25) is 0 Å². The number of hydrogen-bond donors (Lipinski definition) is 1. The predicted octanol–water partition coefficient (Wildman–Crippen LogP) is 4.26. The van der Waals surface area contributed by atoms with Crippen LogP contribution in [0.1, 0.15) is 40.0 Å². The molecule has 0 amide bonds. The molecule has 0 heterocycles. The smallest absolute Gasteiger partial charge is 0.337 e. The van der Waals surface area contributed by atoms with Gasteiger partial charge in [0, 0.05) is 11.7 Å². The van der Waals surface area contributed by atoms with E-state index in [-0.39, 0.29) is 12.0 Å². The van der Waals surface area contributed by atoms with E-state index in [9.17, 15) is 4.79 Å². The fraction of sp³-hybridized carbons (Fsp3) is 0.278. The maximum absolute atomic E-state index is 11.5. The lowest BCUT2D eigenvalue weighted by Gasteiger charge is -2.18. The van der Waals surface area contributed by atoms with Gasteiger partial charge in [0.15, 0.2) is 0 Å². The minimum Gasteiger partial charge on any atom is -0.465 e. The van der Waals surface area contributed by atoms with Gasteiger partial charge in [0.25, 0.3) is 0 Å². The first-order valence-corrected chi connectivity index (χ1v) is 7.03. The van der Waals surface area contributed by atoms with Crippen molar-refractivity contribution in [3.63, 3.8) is 0 Å². The van der Waals surface area contributed by atoms with Crippen molar-refractivity contribution in [2.75, 3.05) is 12.4 Å². The molecule has 2 aromatic rings. The fourth-order valence-corrected chi connectivity index (χ4v) is 2.33. The van der Waals surface area contributed by atoms with E-state index in [1.54, 1.807) is 6.07 Å². The number of esters is 1. The predicted molar refractivity (Wildman–Crippen MR) is 85.7 cm³/mol. The third-order valence-corrected chi connectivity index (χ3v) is 3.56. The molecule has 3 nitrogen and oxygen atoms in total. The molecule has 1 N–H and O–H groups in total. The van der Waals surface area contributed by atoms with Gasteiger partial charge >= 0.3 is 5.97 Å². The van der Waals surface area contributed by atoms with Gasteiger partial charge < -0.3 is 10.1 Å². The number of ether oxygens (including phenoxy) is 1. The van der Waals surface area contributed by atoms with Crippen LogP contribution < -0.4 is 5.32 Å². The number of carbonyl (C=O) groups is 1. The second kappa shape index (κ2) is 6.44. The molecule has 0 fully saturated rings. The number of carbonyl (C=O) groups excluding carboxylic acids is 1. The van der Waals surface area contributed by atoms with Gasteiger partial charge in [0.1, 0.15) is 0 Å². The molecule has 0 bridgehead atoms. The molecule has 3 heteroatoms. The molecule has 0 spiro atoms. The molecule has 0 aliphatic carbocycles. The topological polar surface area (TPSA) is 38.3 Å². The third-order valence-electron chi connectivity index (χ3n) is 3.56. The van der Waals surface area contributed by atoms with Crippen molar-refractivity contribution in [3.8, 4) is 0 Å². The third kappa shape index (κ3) is 3.63. The summed E-state index contributed by atoms with van der Waals surface area (Å²) in [6.45, 7) is 6.20. The number of rotatable bonds is 4.